The van der Waals surface area contributed by atoms with Crippen molar-refractivity contribution in [2.75, 3.05) is 32.8 Å². The van der Waals surface area contributed by atoms with E-state index < -0.39 is 0 Å². The molecule has 3 nitrogen and oxygen atoms in total. The molecular formula is C12H22N2O. The summed E-state index contributed by atoms with van der Waals surface area (Å²) in [5, 5.41) is 3.60. The predicted molar refractivity (Wildman–Crippen MR) is 59.9 cm³/mol. The highest BCUT2D eigenvalue weighted by atomic mass is 16.5. The third-order valence-electron chi connectivity index (χ3n) is 4.23. The Bertz CT molecular complexity index is 204. The molecule has 3 fully saturated rings. The van der Waals surface area contributed by atoms with E-state index in [0.29, 0.717) is 6.10 Å². The number of nitrogens with one attached hydrogen (secondary N) is 1. The Hall–Kier alpha value is -0.120. The molecule has 0 aromatic carbocycles. The van der Waals surface area contributed by atoms with Crippen molar-refractivity contribution >= 4 is 0 Å². The smallest absolute Gasteiger partial charge is 0.0588 e. The zero-order chi connectivity index (χ0) is 10.1. The Kier molecular flexibility index (Phi) is 2.95. The summed E-state index contributed by atoms with van der Waals surface area (Å²) in [4.78, 5) is 2.63. The number of nitrogens with zero attached hydrogens (tertiary/aromatic N) is 1. The maximum absolute atomic E-state index is 5.66. The van der Waals surface area contributed by atoms with Gasteiger partial charge in [0.05, 0.1) is 6.10 Å². The lowest BCUT2D eigenvalue weighted by atomic mass is 10.1. The summed E-state index contributed by atoms with van der Waals surface area (Å²) >= 11 is 0. The first kappa shape index (κ1) is 10.1. The highest BCUT2D eigenvalue weighted by molar-refractivity contribution is 4.93. The van der Waals surface area contributed by atoms with E-state index in [1.54, 1.807) is 0 Å². The van der Waals surface area contributed by atoms with Gasteiger partial charge in [0.2, 0.25) is 0 Å². The summed E-state index contributed by atoms with van der Waals surface area (Å²) in [6.07, 6.45) is 5.77. The van der Waals surface area contributed by atoms with E-state index in [-0.39, 0.29) is 0 Å². The number of hydrogen-bond acceptors (Lipinski definition) is 3. The van der Waals surface area contributed by atoms with Gasteiger partial charge in [-0.1, -0.05) is 0 Å². The average molecular weight is 210 g/mol. The molecule has 86 valence electrons. The lowest BCUT2D eigenvalue weighted by molar-refractivity contribution is 0.0941. The number of likely N-dealkylation sites (tertiary alicyclic amines) is 1. The van der Waals surface area contributed by atoms with Crippen LogP contribution in [0.4, 0.5) is 0 Å². The van der Waals surface area contributed by atoms with Crippen molar-refractivity contribution in [2.24, 2.45) is 5.92 Å². The highest BCUT2D eigenvalue weighted by Gasteiger charge is 2.35. The van der Waals surface area contributed by atoms with Crippen molar-refractivity contribution in [3.8, 4) is 0 Å². The molecule has 0 bridgehead atoms. The number of fused-ring (bicyclic) bond motifs is 1. The molecule has 0 aromatic rings. The van der Waals surface area contributed by atoms with Crippen LogP contribution in [0.3, 0.4) is 0 Å². The molecule has 0 radical (unpaired) electrons. The molecule has 0 aromatic heterocycles. The zero-order valence-corrected chi connectivity index (χ0v) is 9.45. The SMILES string of the molecule is C1COC(CCN2C[C@@H]3CCN[C@@H]3C2)C1. The van der Waals surface area contributed by atoms with Crippen LogP contribution in [0.15, 0.2) is 0 Å². The Morgan fingerprint density at radius 3 is 3.07 bits per heavy atom. The third-order valence-corrected chi connectivity index (χ3v) is 4.23. The first-order valence-corrected chi connectivity index (χ1v) is 6.49. The molecule has 3 atom stereocenters. The van der Waals surface area contributed by atoms with Crippen molar-refractivity contribution < 1.29 is 4.74 Å². The van der Waals surface area contributed by atoms with Crippen LogP contribution in [-0.2, 0) is 4.74 Å². The van der Waals surface area contributed by atoms with Crippen LogP contribution >= 0.6 is 0 Å². The lowest BCUT2D eigenvalue weighted by Gasteiger charge is -2.18. The van der Waals surface area contributed by atoms with E-state index in [2.05, 4.69) is 10.2 Å². The van der Waals surface area contributed by atoms with Crippen LogP contribution in [0.1, 0.15) is 25.7 Å². The maximum Gasteiger partial charge on any atom is 0.0588 e. The summed E-state index contributed by atoms with van der Waals surface area (Å²) in [6, 6.07) is 0.800. The average Bonchev–Trinajstić information content (AvgIpc) is 2.91. The molecule has 3 aliphatic heterocycles. The summed E-state index contributed by atoms with van der Waals surface area (Å²) in [5.41, 5.74) is 0. The second-order valence-corrected chi connectivity index (χ2v) is 5.29. The minimum absolute atomic E-state index is 0.568. The second-order valence-electron chi connectivity index (χ2n) is 5.29. The Balaban J connectivity index is 1.41. The highest BCUT2D eigenvalue weighted by Crippen LogP contribution is 2.25. The minimum Gasteiger partial charge on any atom is -0.378 e. The molecule has 0 spiro atoms. The second kappa shape index (κ2) is 4.40. The molecule has 1 unspecified atom stereocenters. The zero-order valence-electron chi connectivity index (χ0n) is 9.45. The normalized spacial score (nSPS) is 41.2. The Morgan fingerprint density at radius 2 is 2.27 bits per heavy atom. The maximum atomic E-state index is 5.66. The molecular weight excluding hydrogens is 188 g/mol. The van der Waals surface area contributed by atoms with Crippen LogP contribution < -0.4 is 5.32 Å². The fraction of sp³-hybridized carbons (Fsp3) is 1.00. The molecule has 3 heterocycles. The molecule has 15 heavy (non-hydrogen) atoms. The summed E-state index contributed by atoms with van der Waals surface area (Å²) < 4.78 is 5.66. The fourth-order valence-electron chi connectivity index (χ4n) is 3.32. The molecule has 0 aliphatic carbocycles. The lowest BCUT2D eigenvalue weighted by Crippen LogP contribution is -2.31. The van der Waals surface area contributed by atoms with Crippen LogP contribution in [-0.4, -0.2) is 49.8 Å². The number of hydrogen-bond donors (Lipinski definition) is 1. The van der Waals surface area contributed by atoms with Gasteiger partial charge in [0, 0.05) is 32.3 Å². The molecule has 3 saturated heterocycles. The third kappa shape index (κ3) is 2.19. The van der Waals surface area contributed by atoms with Crippen molar-refractivity contribution in [1.82, 2.24) is 10.2 Å². The molecule has 3 heteroatoms. The van der Waals surface area contributed by atoms with Crippen molar-refractivity contribution in [3.63, 3.8) is 0 Å². The van der Waals surface area contributed by atoms with Crippen molar-refractivity contribution in [3.05, 3.63) is 0 Å². The van der Waals surface area contributed by atoms with Gasteiger partial charge in [-0.25, -0.2) is 0 Å². The van der Waals surface area contributed by atoms with Crippen LogP contribution in [0.25, 0.3) is 0 Å². The minimum atomic E-state index is 0.568. The Labute approximate surface area is 92.2 Å². The topological polar surface area (TPSA) is 24.5 Å². The van der Waals surface area contributed by atoms with Crippen LogP contribution in [0.2, 0.25) is 0 Å². The van der Waals surface area contributed by atoms with E-state index in [9.17, 15) is 0 Å². The van der Waals surface area contributed by atoms with Crippen molar-refractivity contribution in [1.29, 1.82) is 0 Å². The summed E-state index contributed by atoms with van der Waals surface area (Å²) in [5.74, 6) is 0.939. The van der Waals surface area contributed by atoms with E-state index in [4.69, 9.17) is 4.74 Å². The summed E-state index contributed by atoms with van der Waals surface area (Å²) in [6.45, 7) is 6.09. The summed E-state index contributed by atoms with van der Waals surface area (Å²) in [7, 11) is 0. The van der Waals surface area contributed by atoms with Gasteiger partial charge in [-0.15, -0.1) is 0 Å². The van der Waals surface area contributed by atoms with E-state index in [0.717, 1.165) is 18.6 Å². The quantitative estimate of drug-likeness (QED) is 0.747. The van der Waals surface area contributed by atoms with Gasteiger partial charge in [-0.2, -0.15) is 0 Å². The van der Waals surface area contributed by atoms with Gasteiger partial charge >= 0.3 is 0 Å². The van der Waals surface area contributed by atoms with Crippen LogP contribution in [0, 0.1) is 5.92 Å². The van der Waals surface area contributed by atoms with E-state index >= 15 is 0 Å². The van der Waals surface area contributed by atoms with Gasteiger partial charge in [-0.3, -0.25) is 0 Å². The largest absolute Gasteiger partial charge is 0.378 e. The molecule has 0 amide bonds. The first-order valence-electron chi connectivity index (χ1n) is 6.49. The van der Waals surface area contributed by atoms with Gasteiger partial charge < -0.3 is 15.0 Å². The molecule has 3 rings (SSSR count). The van der Waals surface area contributed by atoms with E-state index in [1.807, 2.05) is 0 Å². The number of rotatable bonds is 3. The first-order chi connectivity index (χ1) is 7.42. The standard InChI is InChI=1S/C12H22N2O/c1-2-11(15-7-1)4-6-14-8-10-3-5-13-12(10)9-14/h10-13H,1-9H2/t10-,11?,12+/m0/s1. The van der Waals surface area contributed by atoms with Crippen molar-refractivity contribution in [2.45, 2.75) is 37.8 Å². The predicted octanol–water partition coefficient (Wildman–Crippen LogP) is 0.849. The van der Waals surface area contributed by atoms with Gasteiger partial charge in [0.15, 0.2) is 0 Å². The Morgan fingerprint density at radius 1 is 1.27 bits per heavy atom. The fourth-order valence-corrected chi connectivity index (χ4v) is 3.32. The monoisotopic (exact) mass is 210 g/mol. The molecule has 3 aliphatic rings. The number of ether oxygens (including phenoxy) is 1. The van der Waals surface area contributed by atoms with Gasteiger partial charge in [-0.05, 0) is 38.1 Å². The van der Waals surface area contributed by atoms with Crippen LogP contribution in [0.5, 0.6) is 0 Å². The molecule has 1 N–H and O–H groups in total. The van der Waals surface area contributed by atoms with E-state index in [1.165, 1.54) is 51.9 Å². The molecule has 0 saturated carbocycles. The van der Waals surface area contributed by atoms with Gasteiger partial charge in [0.1, 0.15) is 0 Å². The van der Waals surface area contributed by atoms with Gasteiger partial charge in [0.25, 0.3) is 0 Å².